The number of rotatable bonds is 2. The molecule has 0 aromatic heterocycles. The predicted octanol–water partition coefficient (Wildman–Crippen LogP) is 1.84. The van der Waals surface area contributed by atoms with Gasteiger partial charge in [0.2, 0.25) is 10.0 Å². The monoisotopic (exact) mass is 330 g/mol. The Hall–Kier alpha value is -2.18. The summed E-state index contributed by atoms with van der Waals surface area (Å²) in [7, 11) is -3.74. The van der Waals surface area contributed by atoms with Crippen molar-refractivity contribution in [1.82, 2.24) is 4.90 Å². The summed E-state index contributed by atoms with van der Waals surface area (Å²) in [5.41, 5.74) is 3.58. The van der Waals surface area contributed by atoms with Crippen molar-refractivity contribution in [2.45, 2.75) is 24.8 Å². The number of hydrogen-bond acceptors (Lipinski definition) is 3. The third-order valence-electron chi connectivity index (χ3n) is 4.07. The van der Waals surface area contributed by atoms with Gasteiger partial charge in [0.25, 0.3) is 5.91 Å². The average molecular weight is 330 g/mol. The molecule has 3 rings (SSSR count). The summed E-state index contributed by atoms with van der Waals surface area (Å²) in [5.74, 6) is -0.0413. The highest BCUT2D eigenvalue weighted by molar-refractivity contribution is 7.89. The van der Waals surface area contributed by atoms with Gasteiger partial charge in [-0.3, -0.25) is 4.79 Å². The maximum atomic E-state index is 12.6. The Balaban J connectivity index is 1.88. The minimum Gasteiger partial charge on any atom is -0.334 e. The second-order valence-electron chi connectivity index (χ2n) is 5.82. The van der Waals surface area contributed by atoms with Crippen LogP contribution in [0.3, 0.4) is 0 Å². The lowest BCUT2D eigenvalue weighted by Gasteiger charge is -2.29. The lowest BCUT2D eigenvalue weighted by molar-refractivity contribution is 0.0734. The van der Waals surface area contributed by atoms with E-state index >= 15 is 0 Å². The molecule has 2 aromatic rings. The molecule has 5 nitrogen and oxygen atoms in total. The molecular weight excluding hydrogens is 312 g/mol. The van der Waals surface area contributed by atoms with Crippen molar-refractivity contribution >= 4 is 15.9 Å². The van der Waals surface area contributed by atoms with Gasteiger partial charge in [0.1, 0.15) is 0 Å². The van der Waals surface area contributed by atoms with Crippen molar-refractivity contribution in [2.75, 3.05) is 6.54 Å². The standard InChI is InChI=1S/C17H18N2O3S/c1-12-3-2-4-14(9-12)17(20)19-8-7-13-5-6-16(23(18,21)22)10-15(13)11-19/h2-6,9-10H,7-8,11H2,1H3,(H2,18,21,22). The zero-order chi connectivity index (χ0) is 16.6. The highest BCUT2D eigenvalue weighted by Crippen LogP contribution is 2.23. The van der Waals surface area contributed by atoms with Crippen molar-refractivity contribution in [1.29, 1.82) is 0 Å². The van der Waals surface area contributed by atoms with Crippen molar-refractivity contribution in [3.8, 4) is 0 Å². The fourth-order valence-corrected chi connectivity index (χ4v) is 3.41. The van der Waals surface area contributed by atoms with Gasteiger partial charge in [-0.2, -0.15) is 0 Å². The summed E-state index contributed by atoms with van der Waals surface area (Å²) in [6.45, 7) is 2.96. The summed E-state index contributed by atoms with van der Waals surface area (Å²) in [5, 5.41) is 5.18. The summed E-state index contributed by atoms with van der Waals surface area (Å²) in [6, 6.07) is 12.3. The molecule has 1 aliphatic rings. The first kappa shape index (κ1) is 15.7. The Morgan fingerprint density at radius 2 is 1.91 bits per heavy atom. The van der Waals surface area contributed by atoms with Crippen LogP contribution < -0.4 is 5.14 Å². The highest BCUT2D eigenvalue weighted by atomic mass is 32.2. The minimum absolute atomic E-state index is 0.0413. The van der Waals surface area contributed by atoms with Gasteiger partial charge in [0.05, 0.1) is 4.90 Å². The van der Waals surface area contributed by atoms with Crippen LogP contribution in [0.15, 0.2) is 47.4 Å². The number of fused-ring (bicyclic) bond motifs is 1. The van der Waals surface area contributed by atoms with E-state index in [2.05, 4.69) is 0 Å². The molecule has 1 aliphatic heterocycles. The molecule has 23 heavy (non-hydrogen) atoms. The van der Waals surface area contributed by atoms with Crippen molar-refractivity contribution in [3.05, 3.63) is 64.7 Å². The second-order valence-corrected chi connectivity index (χ2v) is 7.38. The Bertz CT molecular complexity index is 875. The maximum Gasteiger partial charge on any atom is 0.254 e. The number of sulfonamides is 1. The lowest BCUT2D eigenvalue weighted by atomic mass is 9.99. The molecule has 0 fully saturated rings. The number of benzene rings is 2. The summed E-state index contributed by atoms with van der Waals surface area (Å²) in [4.78, 5) is 14.5. The Labute approximate surface area is 135 Å². The van der Waals surface area contributed by atoms with Gasteiger partial charge in [0.15, 0.2) is 0 Å². The van der Waals surface area contributed by atoms with E-state index in [4.69, 9.17) is 5.14 Å². The number of nitrogens with zero attached hydrogens (tertiary/aromatic N) is 1. The van der Waals surface area contributed by atoms with Crippen molar-refractivity contribution in [2.24, 2.45) is 5.14 Å². The topological polar surface area (TPSA) is 80.5 Å². The van der Waals surface area contributed by atoms with Gasteiger partial charge >= 0.3 is 0 Å². The zero-order valence-corrected chi connectivity index (χ0v) is 13.6. The van der Waals surface area contributed by atoms with Crippen LogP contribution >= 0.6 is 0 Å². The van der Waals surface area contributed by atoms with E-state index in [1.54, 1.807) is 23.1 Å². The quantitative estimate of drug-likeness (QED) is 0.912. The van der Waals surface area contributed by atoms with Crippen LogP contribution in [0.5, 0.6) is 0 Å². The molecule has 6 heteroatoms. The number of aryl methyl sites for hydroxylation is 1. The van der Waals surface area contributed by atoms with Gasteiger partial charge in [0, 0.05) is 18.7 Å². The van der Waals surface area contributed by atoms with E-state index in [1.807, 2.05) is 25.1 Å². The third-order valence-corrected chi connectivity index (χ3v) is 4.98. The van der Waals surface area contributed by atoms with Crippen LogP contribution in [0.2, 0.25) is 0 Å². The van der Waals surface area contributed by atoms with Gasteiger partial charge in [-0.25, -0.2) is 13.6 Å². The van der Waals surface area contributed by atoms with Crippen LogP contribution in [-0.4, -0.2) is 25.8 Å². The zero-order valence-electron chi connectivity index (χ0n) is 12.8. The van der Waals surface area contributed by atoms with Gasteiger partial charge in [-0.05, 0) is 48.7 Å². The van der Waals surface area contributed by atoms with Crippen molar-refractivity contribution < 1.29 is 13.2 Å². The largest absolute Gasteiger partial charge is 0.334 e. The molecule has 0 atom stereocenters. The molecule has 0 unspecified atom stereocenters. The van der Waals surface area contributed by atoms with Crippen LogP contribution in [0.4, 0.5) is 0 Å². The fraction of sp³-hybridized carbons (Fsp3) is 0.235. The van der Waals surface area contributed by atoms with E-state index in [0.29, 0.717) is 25.1 Å². The van der Waals surface area contributed by atoms with Gasteiger partial charge < -0.3 is 4.90 Å². The smallest absolute Gasteiger partial charge is 0.254 e. The lowest BCUT2D eigenvalue weighted by Crippen LogP contribution is -2.36. The van der Waals surface area contributed by atoms with Crippen LogP contribution in [0.1, 0.15) is 27.0 Å². The van der Waals surface area contributed by atoms with Gasteiger partial charge in [-0.1, -0.05) is 23.8 Å². The van der Waals surface area contributed by atoms with E-state index in [-0.39, 0.29) is 10.8 Å². The molecule has 0 aliphatic carbocycles. The molecule has 2 N–H and O–H groups in total. The Morgan fingerprint density at radius 3 is 2.61 bits per heavy atom. The molecule has 120 valence electrons. The first-order valence-corrected chi connectivity index (χ1v) is 8.90. The number of nitrogens with two attached hydrogens (primary N) is 1. The van der Waals surface area contributed by atoms with E-state index in [9.17, 15) is 13.2 Å². The molecule has 1 heterocycles. The van der Waals surface area contributed by atoms with E-state index < -0.39 is 10.0 Å². The first-order valence-electron chi connectivity index (χ1n) is 7.35. The van der Waals surface area contributed by atoms with Gasteiger partial charge in [-0.15, -0.1) is 0 Å². The van der Waals surface area contributed by atoms with Crippen LogP contribution in [0, 0.1) is 6.92 Å². The molecule has 0 spiro atoms. The number of amides is 1. The molecule has 0 saturated carbocycles. The van der Waals surface area contributed by atoms with E-state index in [0.717, 1.165) is 16.7 Å². The summed E-state index contributed by atoms with van der Waals surface area (Å²) < 4.78 is 23.0. The molecular formula is C17H18N2O3S. The minimum atomic E-state index is -3.74. The molecule has 1 amide bonds. The Morgan fingerprint density at radius 1 is 1.13 bits per heavy atom. The molecule has 0 saturated heterocycles. The van der Waals surface area contributed by atoms with E-state index in [1.165, 1.54) is 6.07 Å². The number of carbonyl (C=O) groups is 1. The molecule has 0 radical (unpaired) electrons. The molecule has 0 bridgehead atoms. The summed E-state index contributed by atoms with van der Waals surface area (Å²) >= 11 is 0. The highest BCUT2D eigenvalue weighted by Gasteiger charge is 2.23. The second kappa shape index (κ2) is 5.79. The molecule has 2 aromatic carbocycles. The number of carbonyl (C=O) groups excluding carboxylic acids is 1. The SMILES string of the molecule is Cc1cccc(C(=O)N2CCc3ccc(S(N)(=O)=O)cc3C2)c1. The van der Waals surface area contributed by atoms with Crippen LogP contribution in [-0.2, 0) is 23.0 Å². The fourth-order valence-electron chi connectivity index (χ4n) is 2.84. The first-order chi connectivity index (χ1) is 10.8. The third kappa shape index (κ3) is 3.28. The average Bonchev–Trinajstić information content (AvgIpc) is 2.52. The summed E-state index contributed by atoms with van der Waals surface area (Å²) in [6.07, 6.45) is 0.706. The Kier molecular flexibility index (Phi) is 3.95. The normalized spacial score (nSPS) is 14.4. The van der Waals surface area contributed by atoms with Crippen molar-refractivity contribution in [3.63, 3.8) is 0 Å². The maximum absolute atomic E-state index is 12.6. The number of primary sulfonamides is 1. The number of hydrogen-bond donors (Lipinski definition) is 1. The predicted molar refractivity (Wildman–Crippen MR) is 87.4 cm³/mol. The van der Waals surface area contributed by atoms with Crippen LogP contribution in [0.25, 0.3) is 0 Å².